The van der Waals surface area contributed by atoms with Crippen LogP contribution in [-0.2, 0) is 9.53 Å². The summed E-state index contributed by atoms with van der Waals surface area (Å²) in [5.41, 5.74) is -0.318. The third-order valence-corrected chi connectivity index (χ3v) is 2.28. The molecular weight excluding hydrogens is 266 g/mol. The third-order valence-electron chi connectivity index (χ3n) is 2.28. The minimum atomic E-state index is -0.318. The lowest BCUT2D eigenvalue weighted by atomic mass is 10.2. The Hall–Kier alpha value is -2.43. The van der Waals surface area contributed by atoms with Gasteiger partial charge in [-0.25, -0.2) is 0 Å². The summed E-state index contributed by atoms with van der Waals surface area (Å²) in [6, 6.07) is 7.70. The second kappa shape index (κ2) is 8.68. The number of pyridine rings is 1. The first-order valence-corrected chi connectivity index (χ1v) is 6.67. The molecule has 0 aromatic carbocycles. The van der Waals surface area contributed by atoms with Crippen molar-refractivity contribution in [3.8, 4) is 0 Å². The summed E-state index contributed by atoms with van der Waals surface area (Å²) in [6.07, 6.45) is 7.49. The fourth-order valence-corrected chi connectivity index (χ4v) is 1.37. The number of nitrogens with one attached hydrogen (secondary N) is 1. The summed E-state index contributed by atoms with van der Waals surface area (Å²) in [5.74, 6) is 0. The summed E-state index contributed by atoms with van der Waals surface area (Å²) >= 11 is 0. The second-order valence-electron chi connectivity index (χ2n) is 5.17. The highest BCUT2D eigenvalue weighted by Crippen LogP contribution is 2.02. The van der Waals surface area contributed by atoms with Crippen LogP contribution in [0.3, 0.4) is 0 Å². The first-order chi connectivity index (χ1) is 10.0. The molecule has 21 heavy (non-hydrogen) atoms. The monoisotopic (exact) mass is 287 g/mol. The molecule has 1 aliphatic heterocycles. The molecule has 1 N–H and O–H groups in total. The zero-order valence-electron chi connectivity index (χ0n) is 12.6. The number of aromatic nitrogens is 2. The number of hydrogen-bond acceptors (Lipinski definition) is 4. The van der Waals surface area contributed by atoms with Gasteiger partial charge in [0.15, 0.2) is 0 Å². The first kappa shape index (κ1) is 16.6. The molecule has 0 saturated carbocycles. The number of hydrogen-bond donors (Lipinski definition) is 1. The van der Waals surface area contributed by atoms with Gasteiger partial charge in [-0.15, -0.1) is 0 Å². The van der Waals surface area contributed by atoms with Crippen molar-refractivity contribution in [1.29, 1.82) is 0 Å². The Kier molecular flexibility index (Phi) is 6.87. The Morgan fingerprint density at radius 2 is 1.95 bits per heavy atom. The molecule has 0 atom stereocenters. The van der Waals surface area contributed by atoms with Gasteiger partial charge in [0, 0.05) is 18.6 Å². The Morgan fingerprint density at radius 1 is 1.24 bits per heavy atom. The Balaban J connectivity index is 0.000000160. The number of nitrogens with zero attached hydrogens (tertiary/aromatic N) is 2. The Bertz CT molecular complexity index is 572. The summed E-state index contributed by atoms with van der Waals surface area (Å²) in [6.45, 7) is 6.77. The van der Waals surface area contributed by atoms with Crippen LogP contribution in [0.5, 0.6) is 0 Å². The van der Waals surface area contributed by atoms with E-state index in [0.717, 1.165) is 11.9 Å². The zero-order chi connectivity index (χ0) is 15.6. The molecule has 112 valence electrons. The molecule has 0 spiro atoms. The molecule has 0 fully saturated rings. The quantitative estimate of drug-likeness (QED) is 0.808. The van der Waals surface area contributed by atoms with Gasteiger partial charge in [0.1, 0.15) is 5.60 Å². The maximum atomic E-state index is 9.60. The molecule has 2 aromatic rings. The molecule has 0 saturated heterocycles. The van der Waals surface area contributed by atoms with E-state index >= 15 is 0 Å². The van der Waals surface area contributed by atoms with E-state index < -0.39 is 0 Å². The standard InChI is InChI=1S/C6H6N2.C5H5N.C5H10O2/c1-3-7-6-2-4-8-5(1)6;1-2-4-6-5-3-1;1-5(2,3)7-4-6/h1-3,7H,4H2;1-5H;4H,1-3H3. The van der Waals surface area contributed by atoms with Gasteiger partial charge >= 0.3 is 0 Å². The highest BCUT2D eigenvalue weighted by Gasteiger charge is 2.07. The topological polar surface area (TPSA) is 67.3 Å². The Labute approximate surface area is 124 Å². The van der Waals surface area contributed by atoms with Crippen LogP contribution in [0.1, 0.15) is 20.8 Å². The molecule has 1 aliphatic rings. The van der Waals surface area contributed by atoms with E-state index in [0.29, 0.717) is 6.47 Å². The average molecular weight is 287 g/mol. The molecule has 3 heterocycles. The maximum Gasteiger partial charge on any atom is 0.293 e. The number of carbonyl (C=O) groups is 1. The lowest BCUT2D eigenvalue weighted by molar-refractivity contribution is -0.138. The fourth-order valence-electron chi connectivity index (χ4n) is 1.37. The summed E-state index contributed by atoms with van der Waals surface area (Å²) in [7, 11) is 0. The Morgan fingerprint density at radius 3 is 2.33 bits per heavy atom. The van der Waals surface area contributed by atoms with Crippen molar-refractivity contribution in [2.75, 3.05) is 6.54 Å². The van der Waals surface area contributed by atoms with Crippen molar-refractivity contribution in [3.05, 3.63) is 53.6 Å². The molecule has 2 aromatic heterocycles. The van der Waals surface area contributed by atoms with Crippen LogP contribution in [0.2, 0.25) is 0 Å². The van der Waals surface area contributed by atoms with E-state index in [4.69, 9.17) is 0 Å². The predicted molar refractivity (Wildman–Crippen MR) is 82.0 cm³/mol. The van der Waals surface area contributed by atoms with Gasteiger partial charge in [-0.2, -0.15) is 0 Å². The molecular formula is C16H21N3O2. The maximum absolute atomic E-state index is 9.60. The SMILES string of the molecule is C1=c2[nH]ccc2=NC1.CC(C)(C)OC=O.c1ccncc1. The first-order valence-electron chi connectivity index (χ1n) is 6.67. The molecule has 5 heteroatoms. The zero-order valence-corrected chi connectivity index (χ0v) is 12.6. The minimum Gasteiger partial charge on any atom is -0.462 e. The summed E-state index contributed by atoms with van der Waals surface area (Å²) < 4.78 is 4.55. The van der Waals surface area contributed by atoms with Crippen LogP contribution in [0.25, 0.3) is 6.08 Å². The number of carbonyl (C=O) groups excluding carboxylic acids is 1. The van der Waals surface area contributed by atoms with Crippen molar-refractivity contribution < 1.29 is 9.53 Å². The lowest BCUT2D eigenvalue weighted by Gasteiger charge is -2.14. The van der Waals surface area contributed by atoms with E-state index in [2.05, 4.69) is 25.8 Å². The van der Waals surface area contributed by atoms with Crippen molar-refractivity contribution >= 4 is 12.5 Å². The van der Waals surface area contributed by atoms with Gasteiger partial charge in [-0.3, -0.25) is 14.8 Å². The van der Waals surface area contributed by atoms with Crippen molar-refractivity contribution in [3.63, 3.8) is 0 Å². The van der Waals surface area contributed by atoms with Gasteiger partial charge in [0.05, 0.1) is 17.3 Å². The second-order valence-corrected chi connectivity index (χ2v) is 5.17. The minimum absolute atomic E-state index is 0.318. The molecule has 5 nitrogen and oxygen atoms in total. The predicted octanol–water partition coefficient (Wildman–Crippen LogP) is 1.47. The van der Waals surface area contributed by atoms with Gasteiger partial charge in [-0.1, -0.05) is 6.07 Å². The summed E-state index contributed by atoms with van der Waals surface area (Å²) in [5, 5.41) is 2.27. The molecule has 0 amide bonds. The molecule has 0 bridgehead atoms. The fraction of sp³-hybridized carbons (Fsp3) is 0.312. The average Bonchev–Trinajstić information content (AvgIpc) is 3.04. The number of aromatic amines is 1. The third kappa shape index (κ3) is 7.67. The van der Waals surface area contributed by atoms with Crippen molar-refractivity contribution in [2.24, 2.45) is 4.99 Å². The highest BCUT2D eigenvalue weighted by atomic mass is 16.5. The molecule has 0 aliphatic carbocycles. The van der Waals surface area contributed by atoms with Crippen LogP contribution in [-0.4, -0.2) is 28.6 Å². The van der Waals surface area contributed by atoms with E-state index in [1.54, 1.807) is 12.4 Å². The molecule has 0 unspecified atom stereocenters. The van der Waals surface area contributed by atoms with E-state index in [1.807, 2.05) is 51.2 Å². The van der Waals surface area contributed by atoms with Crippen molar-refractivity contribution in [1.82, 2.24) is 9.97 Å². The number of H-pyrrole nitrogens is 1. The van der Waals surface area contributed by atoms with Crippen LogP contribution < -0.4 is 10.7 Å². The largest absolute Gasteiger partial charge is 0.462 e. The van der Waals surface area contributed by atoms with Crippen LogP contribution >= 0.6 is 0 Å². The van der Waals surface area contributed by atoms with Crippen LogP contribution in [0.4, 0.5) is 0 Å². The summed E-state index contributed by atoms with van der Waals surface area (Å²) in [4.78, 5) is 20.6. The smallest absolute Gasteiger partial charge is 0.293 e. The van der Waals surface area contributed by atoms with Gasteiger partial charge < -0.3 is 9.72 Å². The van der Waals surface area contributed by atoms with Gasteiger partial charge in [0.2, 0.25) is 0 Å². The number of ether oxygens (including phenoxy) is 1. The van der Waals surface area contributed by atoms with E-state index in [1.165, 1.54) is 5.35 Å². The number of rotatable bonds is 1. The van der Waals surface area contributed by atoms with Gasteiger partial charge in [0.25, 0.3) is 6.47 Å². The van der Waals surface area contributed by atoms with Crippen molar-refractivity contribution in [2.45, 2.75) is 26.4 Å². The van der Waals surface area contributed by atoms with E-state index in [-0.39, 0.29) is 5.60 Å². The van der Waals surface area contributed by atoms with E-state index in [9.17, 15) is 4.79 Å². The van der Waals surface area contributed by atoms with Crippen LogP contribution in [0, 0.1) is 0 Å². The lowest BCUT2D eigenvalue weighted by Crippen LogP contribution is -2.17. The van der Waals surface area contributed by atoms with Gasteiger partial charge in [-0.05, 0) is 45.0 Å². The molecule has 0 radical (unpaired) electrons. The number of fused-ring (bicyclic) bond motifs is 1. The normalized spacial score (nSPS) is 11.4. The molecule has 3 rings (SSSR count). The highest BCUT2D eigenvalue weighted by molar-refractivity contribution is 5.37. The van der Waals surface area contributed by atoms with Crippen LogP contribution in [0.15, 0.2) is 47.8 Å².